The van der Waals surface area contributed by atoms with Crippen LogP contribution in [0.4, 0.5) is 10.3 Å². The van der Waals surface area contributed by atoms with E-state index in [2.05, 4.69) is 9.80 Å². The van der Waals surface area contributed by atoms with Gasteiger partial charge in [0.25, 0.3) is 0 Å². The van der Waals surface area contributed by atoms with Crippen LogP contribution in [0.2, 0.25) is 0 Å². The summed E-state index contributed by atoms with van der Waals surface area (Å²) in [5.74, 6) is 0.567. The van der Waals surface area contributed by atoms with Crippen LogP contribution in [-0.2, 0) is 22.4 Å². The van der Waals surface area contributed by atoms with Crippen LogP contribution in [0, 0.1) is 11.3 Å². The third-order valence-corrected chi connectivity index (χ3v) is 8.63. The van der Waals surface area contributed by atoms with E-state index in [9.17, 15) is 9.18 Å². The quantitative estimate of drug-likeness (QED) is 0.635. The number of aromatic nitrogens is 2. The van der Waals surface area contributed by atoms with E-state index in [0.717, 1.165) is 55.8 Å². The highest BCUT2D eigenvalue weighted by Gasteiger charge is 2.62. The Bertz CT molecular complexity index is 1030. The van der Waals surface area contributed by atoms with Crippen molar-refractivity contribution in [3.8, 4) is 0 Å². The Kier molecular flexibility index (Phi) is 5.59. The highest BCUT2D eigenvalue weighted by molar-refractivity contribution is 5.89. The first-order chi connectivity index (χ1) is 16.6. The molecule has 34 heavy (non-hydrogen) atoms. The van der Waals surface area contributed by atoms with Crippen molar-refractivity contribution in [2.24, 2.45) is 11.3 Å². The number of allylic oxidation sites excluding steroid dienone is 2. The summed E-state index contributed by atoms with van der Waals surface area (Å²) in [6.07, 6.45) is 12.2. The largest absolute Gasteiger partial charge is 0.498 e. The molecule has 1 saturated heterocycles. The van der Waals surface area contributed by atoms with Crippen molar-refractivity contribution < 1.29 is 13.9 Å². The van der Waals surface area contributed by atoms with Crippen LogP contribution < -0.4 is 4.90 Å². The van der Waals surface area contributed by atoms with E-state index < -0.39 is 5.41 Å². The van der Waals surface area contributed by atoms with E-state index in [1.165, 1.54) is 26.4 Å². The molecule has 0 N–H and O–H groups in total. The molecule has 8 heteroatoms. The molecule has 0 aromatic carbocycles. The molecule has 0 spiro atoms. The number of carbonyl (C=O) groups is 1. The fourth-order valence-electron chi connectivity index (χ4n) is 6.09. The Hall–Kier alpha value is -2.48. The highest BCUT2D eigenvalue weighted by atomic mass is 19.1. The molecule has 3 aliphatic carbocycles. The maximum atomic E-state index is 14.8. The summed E-state index contributed by atoms with van der Waals surface area (Å²) in [6.45, 7) is 5.35. The topological polar surface area (TPSA) is 61.8 Å². The fourth-order valence-corrected chi connectivity index (χ4v) is 6.09. The van der Waals surface area contributed by atoms with Gasteiger partial charge >= 0.3 is 0 Å². The number of fused-ring (bicyclic) bond motifs is 2. The zero-order chi connectivity index (χ0) is 23.3. The summed E-state index contributed by atoms with van der Waals surface area (Å²) in [5.41, 5.74) is 1.44. The number of carbonyl (C=O) groups excluding carboxylic acids is 1. The predicted molar refractivity (Wildman–Crippen MR) is 127 cm³/mol. The molecule has 2 unspecified atom stereocenters. The number of hydrogen-bond acceptors (Lipinski definition) is 6. The van der Waals surface area contributed by atoms with Crippen molar-refractivity contribution in [1.29, 1.82) is 0 Å². The normalized spacial score (nSPS) is 29.6. The number of hydrogen-bond donors (Lipinski definition) is 0. The third kappa shape index (κ3) is 3.70. The first-order valence-corrected chi connectivity index (χ1v) is 12.8. The first kappa shape index (κ1) is 22.0. The lowest BCUT2D eigenvalue weighted by atomic mass is 9.91. The smallest absolute Gasteiger partial charge is 0.233 e. The summed E-state index contributed by atoms with van der Waals surface area (Å²) in [7, 11) is 1.50. The van der Waals surface area contributed by atoms with Crippen LogP contribution in [-0.4, -0.2) is 78.1 Å². The monoisotopic (exact) mass is 467 g/mol. The first-order valence-electron chi connectivity index (χ1n) is 12.8. The molecule has 0 radical (unpaired) electrons. The average Bonchev–Trinajstić information content (AvgIpc) is 3.60. The number of amides is 1. The maximum absolute atomic E-state index is 14.8. The van der Waals surface area contributed by atoms with Crippen molar-refractivity contribution >= 4 is 11.9 Å². The van der Waals surface area contributed by atoms with Crippen molar-refractivity contribution in [1.82, 2.24) is 19.8 Å². The highest BCUT2D eigenvalue weighted by Crippen LogP contribution is 2.61. The van der Waals surface area contributed by atoms with Gasteiger partial charge in [0.05, 0.1) is 18.2 Å². The summed E-state index contributed by atoms with van der Waals surface area (Å²) in [6, 6.07) is 0.789. The predicted octanol–water partition coefficient (Wildman–Crippen LogP) is 2.87. The lowest BCUT2D eigenvalue weighted by Crippen LogP contribution is -2.52. The molecule has 7 nitrogen and oxygen atoms in total. The lowest BCUT2D eigenvalue weighted by molar-refractivity contribution is -0.135. The molecule has 3 fully saturated rings. The van der Waals surface area contributed by atoms with E-state index in [-0.39, 0.29) is 17.7 Å². The van der Waals surface area contributed by atoms with Crippen LogP contribution in [0.5, 0.6) is 0 Å². The van der Waals surface area contributed by atoms with Gasteiger partial charge in [0, 0.05) is 70.3 Å². The zero-order valence-electron chi connectivity index (χ0n) is 20.0. The average molecular weight is 468 g/mol. The number of nitrogens with zero attached hydrogens (tertiary/aromatic N) is 5. The van der Waals surface area contributed by atoms with Crippen molar-refractivity contribution in [2.75, 3.05) is 51.3 Å². The van der Waals surface area contributed by atoms with E-state index in [1.54, 1.807) is 0 Å². The minimum absolute atomic E-state index is 0.0364. The molecule has 0 bridgehead atoms. The van der Waals surface area contributed by atoms with Gasteiger partial charge in [-0.05, 0) is 31.2 Å². The molecule has 1 aromatic rings. The lowest BCUT2D eigenvalue weighted by Gasteiger charge is -2.43. The van der Waals surface area contributed by atoms with Gasteiger partial charge in [0.2, 0.25) is 11.9 Å². The van der Waals surface area contributed by atoms with Crippen LogP contribution in [0.1, 0.15) is 43.4 Å². The van der Waals surface area contributed by atoms with Crippen molar-refractivity contribution in [2.45, 2.75) is 51.0 Å². The number of halogens is 1. The maximum Gasteiger partial charge on any atom is 0.233 e. The summed E-state index contributed by atoms with van der Waals surface area (Å²) >= 11 is 0. The summed E-state index contributed by atoms with van der Waals surface area (Å²) < 4.78 is 20.0. The third-order valence-electron chi connectivity index (χ3n) is 8.63. The van der Waals surface area contributed by atoms with E-state index in [4.69, 9.17) is 14.7 Å². The summed E-state index contributed by atoms with van der Waals surface area (Å²) in [5, 5.41) is 0. The molecule has 1 amide bonds. The molecule has 6 rings (SSSR count). The second-order valence-corrected chi connectivity index (χ2v) is 10.4. The summed E-state index contributed by atoms with van der Waals surface area (Å²) in [4.78, 5) is 30.0. The molecular formula is C26H34FN5O2. The minimum atomic E-state index is -0.738. The van der Waals surface area contributed by atoms with Gasteiger partial charge in [-0.2, -0.15) is 0 Å². The molecule has 2 saturated carbocycles. The van der Waals surface area contributed by atoms with Gasteiger partial charge < -0.3 is 14.5 Å². The molecule has 2 aliphatic heterocycles. The number of ether oxygens (including phenoxy) is 1. The Morgan fingerprint density at radius 3 is 2.68 bits per heavy atom. The molecular weight excluding hydrogens is 433 g/mol. The van der Waals surface area contributed by atoms with Gasteiger partial charge in [0.1, 0.15) is 11.6 Å². The van der Waals surface area contributed by atoms with Gasteiger partial charge in [-0.1, -0.05) is 18.6 Å². The fraction of sp³-hybridized carbons (Fsp3) is 0.654. The van der Waals surface area contributed by atoms with Crippen molar-refractivity contribution in [3.05, 3.63) is 41.2 Å². The number of anilines is 1. The number of rotatable bonds is 4. The van der Waals surface area contributed by atoms with E-state index in [0.29, 0.717) is 38.1 Å². The van der Waals surface area contributed by atoms with Crippen molar-refractivity contribution in [3.63, 3.8) is 0 Å². The van der Waals surface area contributed by atoms with Crippen LogP contribution in [0.15, 0.2) is 29.9 Å². The Morgan fingerprint density at radius 2 is 1.94 bits per heavy atom. The molecule has 5 aliphatic rings. The standard InChI is InChI=1S/C26H34FN5O2/c1-34-22-6-3-9-26(16-20(26)23(22)27)24(33)31-10-7-18-17-28-25(29-21(18)8-11-31)32-14-12-30(13-15-32)19-4-2-5-19/h3,9,17,19-20H,2,4-8,10-16H2,1H3. The number of piperazine rings is 1. The molecule has 1 aromatic heterocycles. The second-order valence-electron chi connectivity index (χ2n) is 10.4. The molecule has 182 valence electrons. The minimum Gasteiger partial charge on any atom is -0.498 e. The van der Waals surface area contributed by atoms with Gasteiger partial charge in [-0.15, -0.1) is 0 Å². The van der Waals surface area contributed by atoms with Gasteiger partial charge in [-0.25, -0.2) is 14.4 Å². The van der Waals surface area contributed by atoms with E-state index >= 15 is 0 Å². The zero-order valence-corrected chi connectivity index (χ0v) is 20.0. The van der Waals surface area contributed by atoms with Crippen LogP contribution in [0.3, 0.4) is 0 Å². The van der Waals surface area contributed by atoms with E-state index in [1.807, 2.05) is 23.2 Å². The van der Waals surface area contributed by atoms with Crippen LogP contribution >= 0.6 is 0 Å². The van der Waals surface area contributed by atoms with Gasteiger partial charge in [0.15, 0.2) is 0 Å². The van der Waals surface area contributed by atoms with Crippen LogP contribution in [0.25, 0.3) is 0 Å². The Labute approximate surface area is 200 Å². The Morgan fingerprint density at radius 1 is 1.15 bits per heavy atom. The SMILES string of the molecule is COC1=C(F)C2CC2(C(=O)N2CCc3cnc(N4CCN(C5CCC5)CC4)nc3CC2)C=CC1. The van der Waals surface area contributed by atoms with Gasteiger partial charge in [-0.3, -0.25) is 9.69 Å². The molecule has 2 atom stereocenters. The Balaban J connectivity index is 1.12. The number of methoxy groups -OCH3 is 1. The molecule has 3 heterocycles. The second kappa shape index (κ2) is 8.63.